The van der Waals surface area contributed by atoms with Gasteiger partial charge in [-0.25, -0.2) is 4.98 Å². The van der Waals surface area contributed by atoms with Crippen LogP contribution in [0.2, 0.25) is 0 Å². The summed E-state index contributed by atoms with van der Waals surface area (Å²) in [6.07, 6.45) is 2.96. The molecule has 1 aliphatic rings. The maximum absolute atomic E-state index is 5.63. The molecule has 1 aliphatic heterocycles. The van der Waals surface area contributed by atoms with Gasteiger partial charge in [0.25, 0.3) is 0 Å². The van der Waals surface area contributed by atoms with E-state index in [1.165, 1.54) is 0 Å². The molecule has 108 valence electrons. The Labute approximate surface area is 116 Å². The van der Waals surface area contributed by atoms with Gasteiger partial charge in [-0.05, 0) is 18.8 Å². The van der Waals surface area contributed by atoms with E-state index in [9.17, 15) is 0 Å². The molecule has 2 unspecified atom stereocenters. The number of hydrogen-bond acceptors (Lipinski definition) is 4. The molecule has 0 aliphatic carbocycles. The lowest BCUT2D eigenvalue weighted by molar-refractivity contribution is 0.0702. The number of aromatic nitrogens is 1. The van der Waals surface area contributed by atoms with Crippen LogP contribution in [0.1, 0.15) is 45.8 Å². The minimum atomic E-state index is 0.281. The van der Waals surface area contributed by atoms with Crippen molar-refractivity contribution in [1.82, 2.24) is 15.2 Å². The smallest absolute Gasteiger partial charge is 0.208 e. The summed E-state index contributed by atoms with van der Waals surface area (Å²) in [6, 6.07) is 1.09. The summed E-state index contributed by atoms with van der Waals surface area (Å²) in [7, 11) is 0. The zero-order valence-corrected chi connectivity index (χ0v) is 12.9. The Balaban J connectivity index is 2.05. The zero-order valence-electron chi connectivity index (χ0n) is 12.9. The summed E-state index contributed by atoms with van der Waals surface area (Å²) in [5.74, 6) is 1.73. The van der Waals surface area contributed by atoms with Gasteiger partial charge in [0.1, 0.15) is 5.76 Å². The summed E-state index contributed by atoms with van der Waals surface area (Å²) >= 11 is 0. The average Bonchev–Trinajstić information content (AvgIpc) is 2.73. The third-order valence-corrected chi connectivity index (χ3v) is 4.06. The van der Waals surface area contributed by atoms with E-state index in [1.807, 2.05) is 6.92 Å². The maximum Gasteiger partial charge on any atom is 0.208 e. The first kappa shape index (κ1) is 14.5. The molecule has 4 nitrogen and oxygen atoms in total. The van der Waals surface area contributed by atoms with Crippen LogP contribution in [-0.2, 0) is 6.54 Å². The number of nitrogens with zero attached hydrogens (tertiary/aromatic N) is 2. The summed E-state index contributed by atoms with van der Waals surface area (Å²) in [5.41, 5.74) is 0.281. The molecule has 0 amide bonds. The van der Waals surface area contributed by atoms with E-state index in [2.05, 4.69) is 42.9 Å². The van der Waals surface area contributed by atoms with Crippen LogP contribution in [0.25, 0.3) is 0 Å². The standard InChI is InChI=1S/C15H27N3O/c1-6-12-8-16-13(15(3,4)5)9-18(12)10-14-17-7-11(2)19-14/h7,12-13,16H,6,8-10H2,1-5H3. The molecule has 2 heterocycles. The van der Waals surface area contributed by atoms with Crippen molar-refractivity contribution in [2.24, 2.45) is 5.41 Å². The molecular formula is C15H27N3O. The lowest BCUT2D eigenvalue weighted by Gasteiger charge is -2.44. The monoisotopic (exact) mass is 265 g/mol. The van der Waals surface area contributed by atoms with Gasteiger partial charge >= 0.3 is 0 Å². The largest absolute Gasteiger partial charge is 0.445 e. The second kappa shape index (κ2) is 5.63. The lowest BCUT2D eigenvalue weighted by Crippen LogP contribution is -2.59. The van der Waals surface area contributed by atoms with Crippen molar-refractivity contribution < 1.29 is 4.42 Å². The van der Waals surface area contributed by atoms with Gasteiger partial charge in [0.15, 0.2) is 0 Å². The molecule has 2 rings (SSSR count). The van der Waals surface area contributed by atoms with Gasteiger partial charge in [-0.3, -0.25) is 4.90 Å². The minimum Gasteiger partial charge on any atom is -0.445 e. The molecule has 1 aromatic heterocycles. The topological polar surface area (TPSA) is 41.3 Å². The van der Waals surface area contributed by atoms with Crippen LogP contribution in [0.4, 0.5) is 0 Å². The van der Waals surface area contributed by atoms with E-state index in [0.29, 0.717) is 12.1 Å². The van der Waals surface area contributed by atoms with E-state index < -0.39 is 0 Å². The van der Waals surface area contributed by atoms with Crippen LogP contribution in [0, 0.1) is 12.3 Å². The SMILES string of the molecule is CCC1CNC(C(C)(C)C)CN1Cc1ncc(C)o1. The molecule has 19 heavy (non-hydrogen) atoms. The van der Waals surface area contributed by atoms with Crippen molar-refractivity contribution in [3.8, 4) is 0 Å². The van der Waals surface area contributed by atoms with Crippen LogP contribution < -0.4 is 5.32 Å². The second-order valence-electron chi connectivity index (χ2n) is 6.68. The molecule has 1 aromatic rings. The highest BCUT2D eigenvalue weighted by atomic mass is 16.4. The van der Waals surface area contributed by atoms with Gasteiger partial charge < -0.3 is 9.73 Å². The zero-order chi connectivity index (χ0) is 14.0. The van der Waals surface area contributed by atoms with Gasteiger partial charge in [-0.2, -0.15) is 0 Å². The number of oxazole rings is 1. The van der Waals surface area contributed by atoms with E-state index in [4.69, 9.17) is 4.42 Å². The van der Waals surface area contributed by atoms with E-state index >= 15 is 0 Å². The summed E-state index contributed by atoms with van der Waals surface area (Å²) < 4.78 is 5.63. The normalized spacial score (nSPS) is 25.7. The first-order valence-electron chi connectivity index (χ1n) is 7.29. The Morgan fingerprint density at radius 2 is 2.21 bits per heavy atom. The molecule has 0 radical (unpaired) electrons. The first-order valence-corrected chi connectivity index (χ1v) is 7.29. The fraction of sp³-hybridized carbons (Fsp3) is 0.800. The molecule has 0 saturated carbocycles. The number of aryl methyl sites for hydroxylation is 1. The number of nitrogens with one attached hydrogen (secondary N) is 1. The van der Waals surface area contributed by atoms with E-state index in [-0.39, 0.29) is 5.41 Å². The molecule has 0 aromatic carbocycles. The number of piperazine rings is 1. The fourth-order valence-electron chi connectivity index (χ4n) is 2.68. The Bertz CT molecular complexity index is 408. The highest BCUT2D eigenvalue weighted by Crippen LogP contribution is 2.25. The van der Waals surface area contributed by atoms with Crippen LogP contribution in [0.3, 0.4) is 0 Å². The molecular weight excluding hydrogens is 238 g/mol. The van der Waals surface area contributed by atoms with E-state index in [0.717, 1.165) is 37.7 Å². The van der Waals surface area contributed by atoms with Gasteiger partial charge in [0, 0.05) is 25.2 Å². The predicted octanol–water partition coefficient (Wildman–Crippen LogP) is 2.58. The Morgan fingerprint density at radius 3 is 2.74 bits per heavy atom. The highest BCUT2D eigenvalue weighted by Gasteiger charge is 2.33. The minimum absolute atomic E-state index is 0.281. The molecule has 1 saturated heterocycles. The van der Waals surface area contributed by atoms with Crippen molar-refractivity contribution >= 4 is 0 Å². The average molecular weight is 265 g/mol. The summed E-state index contributed by atoms with van der Waals surface area (Å²) in [4.78, 5) is 6.85. The van der Waals surface area contributed by atoms with Gasteiger partial charge in [-0.15, -0.1) is 0 Å². The molecule has 4 heteroatoms. The molecule has 1 fully saturated rings. The van der Waals surface area contributed by atoms with Crippen LogP contribution in [0.15, 0.2) is 10.6 Å². The van der Waals surface area contributed by atoms with Crippen LogP contribution in [0.5, 0.6) is 0 Å². The van der Waals surface area contributed by atoms with Crippen molar-refractivity contribution in [1.29, 1.82) is 0 Å². The lowest BCUT2D eigenvalue weighted by atomic mass is 9.84. The van der Waals surface area contributed by atoms with E-state index in [1.54, 1.807) is 6.20 Å². The third kappa shape index (κ3) is 3.57. The quantitative estimate of drug-likeness (QED) is 0.912. The van der Waals surface area contributed by atoms with Gasteiger partial charge in [0.05, 0.1) is 12.7 Å². The second-order valence-corrected chi connectivity index (χ2v) is 6.68. The predicted molar refractivity (Wildman–Crippen MR) is 77.0 cm³/mol. The van der Waals surface area contributed by atoms with Gasteiger partial charge in [0.2, 0.25) is 5.89 Å². The van der Waals surface area contributed by atoms with Crippen molar-refractivity contribution in [3.63, 3.8) is 0 Å². The molecule has 0 bridgehead atoms. The number of hydrogen-bond donors (Lipinski definition) is 1. The Morgan fingerprint density at radius 1 is 1.47 bits per heavy atom. The summed E-state index contributed by atoms with van der Waals surface area (Å²) in [5, 5.41) is 3.69. The van der Waals surface area contributed by atoms with Gasteiger partial charge in [-0.1, -0.05) is 27.7 Å². The Kier molecular flexibility index (Phi) is 4.31. The fourth-order valence-corrected chi connectivity index (χ4v) is 2.68. The maximum atomic E-state index is 5.63. The van der Waals surface area contributed by atoms with Crippen molar-refractivity contribution in [2.45, 2.75) is 59.7 Å². The van der Waals surface area contributed by atoms with Crippen molar-refractivity contribution in [2.75, 3.05) is 13.1 Å². The van der Waals surface area contributed by atoms with Crippen LogP contribution >= 0.6 is 0 Å². The molecule has 2 atom stereocenters. The van der Waals surface area contributed by atoms with Crippen LogP contribution in [-0.4, -0.2) is 35.1 Å². The summed E-state index contributed by atoms with van der Waals surface area (Å²) in [6.45, 7) is 14.0. The molecule has 0 spiro atoms. The third-order valence-electron chi connectivity index (χ3n) is 4.06. The Hall–Kier alpha value is -0.870. The molecule has 1 N–H and O–H groups in total. The van der Waals surface area contributed by atoms with Crippen molar-refractivity contribution in [3.05, 3.63) is 17.8 Å². The highest BCUT2D eigenvalue weighted by molar-refractivity contribution is 4.95. The number of rotatable bonds is 3. The first-order chi connectivity index (χ1) is 8.90.